The van der Waals surface area contributed by atoms with Crippen LogP contribution in [-0.4, -0.2) is 9.97 Å². The molecule has 1 aromatic carbocycles. The second-order valence-electron chi connectivity index (χ2n) is 4.56. The van der Waals surface area contributed by atoms with Crippen LogP contribution in [0.15, 0.2) is 28.7 Å². The third kappa shape index (κ3) is 2.98. The third-order valence-electron chi connectivity index (χ3n) is 2.90. The Hall–Kier alpha value is -1.33. The lowest BCUT2D eigenvalue weighted by Crippen LogP contribution is -2.02. The van der Waals surface area contributed by atoms with Gasteiger partial charge in [0.2, 0.25) is 0 Å². The Morgan fingerprint density at radius 1 is 1.26 bits per heavy atom. The number of nitrogens with two attached hydrogens (primary N) is 1. The first-order chi connectivity index (χ1) is 9.11. The van der Waals surface area contributed by atoms with Crippen molar-refractivity contribution in [3.63, 3.8) is 0 Å². The molecule has 0 radical (unpaired) electrons. The summed E-state index contributed by atoms with van der Waals surface area (Å²) in [6, 6.07) is 7.34. The van der Waals surface area contributed by atoms with Gasteiger partial charge < -0.3 is 11.1 Å². The van der Waals surface area contributed by atoms with E-state index in [1.165, 1.54) is 0 Å². The van der Waals surface area contributed by atoms with Gasteiger partial charge in [0.15, 0.2) is 0 Å². The summed E-state index contributed by atoms with van der Waals surface area (Å²) in [5.74, 6) is 2.51. The van der Waals surface area contributed by atoms with E-state index in [0.29, 0.717) is 22.6 Å². The smallest absolute Gasteiger partial charge is 0.136 e. The van der Waals surface area contributed by atoms with Crippen LogP contribution in [0.25, 0.3) is 0 Å². The predicted octanol–water partition coefficient (Wildman–Crippen LogP) is 4.10. The fourth-order valence-corrected chi connectivity index (χ4v) is 2.29. The molecule has 0 amide bonds. The van der Waals surface area contributed by atoms with Crippen molar-refractivity contribution >= 4 is 44.9 Å². The Kier molecular flexibility index (Phi) is 3.33. The van der Waals surface area contributed by atoms with E-state index < -0.39 is 0 Å². The summed E-state index contributed by atoms with van der Waals surface area (Å²) in [5.41, 5.74) is 6.71. The molecular weight excluding hydrogens is 328 g/mol. The van der Waals surface area contributed by atoms with E-state index in [4.69, 9.17) is 17.3 Å². The highest BCUT2D eigenvalue weighted by Crippen LogP contribution is 2.38. The molecule has 1 aliphatic rings. The molecule has 4 nitrogen and oxygen atoms in total. The largest absolute Gasteiger partial charge is 0.384 e. The lowest BCUT2D eigenvalue weighted by molar-refractivity contribution is 0.936. The molecular formula is C13H12BrClN4. The molecule has 1 heterocycles. The number of nitrogens with zero attached hydrogens (tertiary/aromatic N) is 2. The Bertz CT molecular complexity index is 628. The van der Waals surface area contributed by atoms with Gasteiger partial charge in [0.05, 0.1) is 5.02 Å². The number of aromatic nitrogens is 2. The molecule has 0 bridgehead atoms. The number of benzene rings is 1. The van der Waals surface area contributed by atoms with Gasteiger partial charge >= 0.3 is 0 Å². The molecule has 3 rings (SSSR count). The van der Waals surface area contributed by atoms with Crippen LogP contribution < -0.4 is 11.1 Å². The molecule has 0 saturated heterocycles. The summed E-state index contributed by atoms with van der Waals surface area (Å²) >= 11 is 9.36. The summed E-state index contributed by atoms with van der Waals surface area (Å²) in [7, 11) is 0. The second-order valence-corrected chi connectivity index (χ2v) is 5.83. The molecule has 1 aromatic heterocycles. The molecule has 1 saturated carbocycles. The van der Waals surface area contributed by atoms with E-state index in [0.717, 1.165) is 28.8 Å². The van der Waals surface area contributed by atoms with Crippen molar-refractivity contribution in [2.24, 2.45) is 0 Å². The minimum absolute atomic E-state index is 0.473. The highest BCUT2D eigenvalue weighted by Gasteiger charge is 2.27. The van der Waals surface area contributed by atoms with Crippen molar-refractivity contribution in [1.29, 1.82) is 0 Å². The van der Waals surface area contributed by atoms with Crippen LogP contribution in [0.2, 0.25) is 5.02 Å². The van der Waals surface area contributed by atoms with E-state index in [9.17, 15) is 0 Å². The highest BCUT2D eigenvalue weighted by atomic mass is 79.9. The number of nitrogens with one attached hydrogen (secondary N) is 1. The Balaban J connectivity index is 1.87. The first kappa shape index (κ1) is 12.7. The standard InChI is InChI=1S/C13H12BrClN4/c14-9-5-8(3-4-10(9)15)17-12-6-11(16)18-13(19-12)7-1-2-7/h3-7H,1-2H2,(H3,16,17,18,19). The maximum atomic E-state index is 5.96. The fourth-order valence-electron chi connectivity index (χ4n) is 1.80. The molecule has 0 spiro atoms. The monoisotopic (exact) mass is 338 g/mol. The van der Waals surface area contributed by atoms with E-state index in [-0.39, 0.29) is 0 Å². The van der Waals surface area contributed by atoms with Crippen molar-refractivity contribution in [3.05, 3.63) is 39.6 Å². The number of rotatable bonds is 3. The van der Waals surface area contributed by atoms with E-state index >= 15 is 0 Å². The lowest BCUT2D eigenvalue weighted by atomic mass is 10.3. The molecule has 1 aliphatic carbocycles. The SMILES string of the molecule is Nc1cc(Nc2ccc(Cl)c(Br)c2)nc(C2CC2)n1. The summed E-state index contributed by atoms with van der Waals surface area (Å²) in [6.45, 7) is 0. The first-order valence-corrected chi connectivity index (χ1v) is 7.15. The average Bonchev–Trinajstić information content (AvgIpc) is 3.17. The highest BCUT2D eigenvalue weighted by molar-refractivity contribution is 9.10. The fraction of sp³-hybridized carbons (Fsp3) is 0.231. The lowest BCUT2D eigenvalue weighted by Gasteiger charge is -2.09. The Labute approximate surface area is 124 Å². The molecule has 3 N–H and O–H groups in total. The van der Waals surface area contributed by atoms with Gasteiger partial charge in [-0.25, -0.2) is 9.97 Å². The molecule has 0 aliphatic heterocycles. The molecule has 19 heavy (non-hydrogen) atoms. The van der Waals surface area contributed by atoms with Gasteiger partial charge in [-0.15, -0.1) is 0 Å². The zero-order valence-electron chi connectivity index (χ0n) is 10.0. The van der Waals surface area contributed by atoms with Crippen LogP contribution in [0.5, 0.6) is 0 Å². The maximum Gasteiger partial charge on any atom is 0.136 e. The van der Waals surface area contributed by atoms with Crippen molar-refractivity contribution < 1.29 is 0 Å². The van der Waals surface area contributed by atoms with Gasteiger partial charge in [0, 0.05) is 22.1 Å². The van der Waals surface area contributed by atoms with Crippen LogP contribution in [0.4, 0.5) is 17.3 Å². The maximum absolute atomic E-state index is 5.96. The number of halogens is 2. The molecule has 0 atom stereocenters. The van der Waals surface area contributed by atoms with Gasteiger partial charge in [-0.05, 0) is 47.0 Å². The third-order valence-corrected chi connectivity index (χ3v) is 4.11. The predicted molar refractivity (Wildman–Crippen MR) is 80.9 cm³/mol. The zero-order chi connectivity index (χ0) is 13.4. The molecule has 98 valence electrons. The van der Waals surface area contributed by atoms with Gasteiger partial charge in [0.1, 0.15) is 17.5 Å². The number of nitrogen functional groups attached to an aromatic ring is 1. The van der Waals surface area contributed by atoms with E-state index in [1.807, 2.05) is 18.2 Å². The zero-order valence-corrected chi connectivity index (χ0v) is 12.4. The van der Waals surface area contributed by atoms with Crippen LogP contribution in [0.1, 0.15) is 24.6 Å². The normalized spacial score (nSPS) is 14.4. The average molecular weight is 340 g/mol. The summed E-state index contributed by atoms with van der Waals surface area (Å²) in [6.07, 6.45) is 2.30. The van der Waals surface area contributed by atoms with Crippen molar-refractivity contribution in [2.45, 2.75) is 18.8 Å². The quantitative estimate of drug-likeness (QED) is 0.884. The van der Waals surface area contributed by atoms with Crippen molar-refractivity contribution in [2.75, 3.05) is 11.1 Å². The topological polar surface area (TPSA) is 63.8 Å². The van der Waals surface area contributed by atoms with Crippen molar-refractivity contribution in [1.82, 2.24) is 9.97 Å². The minimum Gasteiger partial charge on any atom is -0.384 e. The second kappa shape index (κ2) is 4.98. The number of hydrogen-bond donors (Lipinski definition) is 2. The van der Waals surface area contributed by atoms with Crippen LogP contribution >= 0.6 is 27.5 Å². The van der Waals surface area contributed by atoms with Crippen molar-refractivity contribution in [3.8, 4) is 0 Å². The summed E-state index contributed by atoms with van der Waals surface area (Å²) in [4.78, 5) is 8.76. The summed E-state index contributed by atoms with van der Waals surface area (Å²) < 4.78 is 0.837. The molecule has 1 fully saturated rings. The van der Waals surface area contributed by atoms with Crippen LogP contribution in [0.3, 0.4) is 0 Å². The molecule has 6 heteroatoms. The molecule has 2 aromatic rings. The van der Waals surface area contributed by atoms with E-state index in [1.54, 1.807) is 6.07 Å². The summed E-state index contributed by atoms with van der Waals surface area (Å²) in [5, 5.41) is 3.89. The van der Waals surface area contributed by atoms with Crippen LogP contribution in [0, 0.1) is 0 Å². The minimum atomic E-state index is 0.473. The van der Waals surface area contributed by atoms with Crippen LogP contribution in [-0.2, 0) is 0 Å². The molecule has 0 unspecified atom stereocenters. The van der Waals surface area contributed by atoms with E-state index in [2.05, 4.69) is 31.2 Å². The number of anilines is 3. The number of hydrogen-bond acceptors (Lipinski definition) is 4. The Morgan fingerprint density at radius 3 is 2.74 bits per heavy atom. The van der Waals surface area contributed by atoms with Gasteiger partial charge in [-0.2, -0.15) is 0 Å². The van der Waals surface area contributed by atoms with Gasteiger partial charge in [0.25, 0.3) is 0 Å². The van der Waals surface area contributed by atoms with Gasteiger partial charge in [-0.3, -0.25) is 0 Å². The van der Waals surface area contributed by atoms with Gasteiger partial charge in [-0.1, -0.05) is 11.6 Å². The first-order valence-electron chi connectivity index (χ1n) is 5.98. The Morgan fingerprint density at radius 2 is 2.05 bits per heavy atom.